The Hall–Kier alpha value is -3.62. The molecule has 28 heavy (non-hydrogen) atoms. The minimum absolute atomic E-state index is 0.0427. The van der Waals surface area contributed by atoms with Gasteiger partial charge >= 0.3 is 6.03 Å². The first-order valence-corrected chi connectivity index (χ1v) is 9.02. The van der Waals surface area contributed by atoms with Gasteiger partial charge in [-0.15, -0.1) is 0 Å². The van der Waals surface area contributed by atoms with Crippen molar-refractivity contribution in [2.45, 2.75) is 20.0 Å². The van der Waals surface area contributed by atoms with Crippen molar-refractivity contribution in [3.8, 4) is 0 Å². The summed E-state index contributed by atoms with van der Waals surface area (Å²) < 4.78 is 2.08. The van der Waals surface area contributed by atoms with E-state index in [-0.39, 0.29) is 11.7 Å². The number of nitro benzene ring substituents is 1. The summed E-state index contributed by atoms with van der Waals surface area (Å²) in [7, 11) is 0. The molecule has 3 N–H and O–H groups in total. The molecule has 0 radical (unpaired) electrons. The number of imidazole rings is 1. The second kappa shape index (κ2) is 8.85. The number of nitrogens with zero attached hydrogens (tertiary/aromatic N) is 3. The van der Waals surface area contributed by atoms with E-state index in [4.69, 9.17) is 0 Å². The van der Waals surface area contributed by atoms with Crippen molar-refractivity contribution < 1.29 is 9.72 Å². The zero-order valence-corrected chi connectivity index (χ0v) is 15.5. The maximum atomic E-state index is 12.0. The average Bonchev–Trinajstić information content (AvgIpc) is 3.07. The minimum atomic E-state index is -0.442. The third-order valence-corrected chi connectivity index (χ3v) is 4.27. The number of hydrogen-bond acceptors (Lipinski definition) is 5. The van der Waals surface area contributed by atoms with Crippen molar-refractivity contribution in [2.24, 2.45) is 0 Å². The Balaban J connectivity index is 1.43. The number of carbonyl (C=O) groups excluding carboxylic acids is 1. The number of fused-ring (bicyclic) bond motifs is 1. The number of para-hydroxylation sites is 2. The van der Waals surface area contributed by atoms with E-state index in [1.165, 1.54) is 12.1 Å². The summed E-state index contributed by atoms with van der Waals surface area (Å²) in [6.45, 7) is 4.07. The molecule has 3 aromatic rings. The molecule has 1 aromatic heterocycles. The van der Waals surface area contributed by atoms with E-state index in [0.717, 1.165) is 29.1 Å². The predicted molar refractivity (Wildman–Crippen MR) is 107 cm³/mol. The van der Waals surface area contributed by atoms with E-state index in [2.05, 4.69) is 25.5 Å². The quantitative estimate of drug-likeness (QED) is 0.315. The highest BCUT2D eigenvalue weighted by atomic mass is 16.6. The van der Waals surface area contributed by atoms with Gasteiger partial charge in [-0.1, -0.05) is 12.1 Å². The number of nitrogens with one attached hydrogen (secondary N) is 3. The summed E-state index contributed by atoms with van der Waals surface area (Å²) in [6.07, 6.45) is 0. The number of amides is 2. The van der Waals surface area contributed by atoms with Gasteiger partial charge in [-0.05, 0) is 31.2 Å². The fraction of sp³-hybridized carbons (Fsp3) is 0.263. The van der Waals surface area contributed by atoms with Crippen LogP contribution in [0.15, 0.2) is 48.5 Å². The van der Waals surface area contributed by atoms with Gasteiger partial charge in [0.2, 0.25) is 0 Å². The Morgan fingerprint density at radius 3 is 2.57 bits per heavy atom. The Bertz CT molecular complexity index is 967. The van der Waals surface area contributed by atoms with E-state index < -0.39 is 4.92 Å². The number of anilines is 1. The molecular weight excluding hydrogens is 360 g/mol. The summed E-state index contributed by atoms with van der Waals surface area (Å²) in [5, 5.41) is 19.3. The smallest absolute Gasteiger partial charge is 0.315 e. The van der Waals surface area contributed by atoms with Crippen molar-refractivity contribution in [2.75, 3.05) is 18.4 Å². The number of hydrogen-bond donors (Lipinski definition) is 3. The molecule has 3 rings (SSSR count). The SMILES string of the molecule is CCn1c(CNC(=O)NCCNc2ccc([N+](=O)[O-])cc2)nc2ccccc21. The summed E-state index contributed by atoms with van der Waals surface area (Å²) in [5.74, 6) is 0.808. The van der Waals surface area contributed by atoms with Crippen molar-refractivity contribution >= 4 is 28.4 Å². The maximum absolute atomic E-state index is 12.0. The van der Waals surface area contributed by atoms with Crippen LogP contribution in [-0.2, 0) is 13.1 Å². The van der Waals surface area contributed by atoms with Crippen LogP contribution in [0.2, 0.25) is 0 Å². The summed E-state index contributed by atoms with van der Waals surface area (Å²) in [6, 6.07) is 13.7. The van der Waals surface area contributed by atoms with Crippen molar-refractivity contribution in [1.29, 1.82) is 0 Å². The molecule has 0 unspecified atom stereocenters. The topological polar surface area (TPSA) is 114 Å². The highest BCUT2D eigenvalue weighted by Crippen LogP contribution is 2.16. The molecule has 0 aliphatic carbocycles. The van der Waals surface area contributed by atoms with Gasteiger partial charge in [0.1, 0.15) is 5.82 Å². The zero-order chi connectivity index (χ0) is 19.9. The van der Waals surface area contributed by atoms with Crippen LogP contribution in [0.1, 0.15) is 12.7 Å². The second-order valence-electron chi connectivity index (χ2n) is 6.10. The molecule has 0 aliphatic rings. The number of rotatable bonds is 8. The first kappa shape index (κ1) is 19.2. The normalized spacial score (nSPS) is 10.6. The van der Waals surface area contributed by atoms with E-state index >= 15 is 0 Å². The maximum Gasteiger partial charge on any atom is 0.315 e. The van der Waals surface area contributed by atoms with E-state index in [0.29, 0.717) is 19.6 Å². The van der Waals surface area contributed by atoms with Crippen LogP contribution in [0.3, 0.4) is 0 Å². The van der Waals surface area contributed by atoms with Gasteiger partial charge in [0, 0.05) is 37.5 Å². The lowest BCUT2D eigenvalue weighted by atomic mass is 10.3. The van der Waals surface area contributed by atoms with Gasteiger partial charge in [0.05, 0.1) is 22.5 Å². The lowest BCUT2D eigenvalue weighted by Crippen LogP contribution is -2.38. The minimum Gasteiger partial charge on any atom is -0.383 e. The first-order valence-electron chi connectivity index (χ1n) is 9.02. The Morgan fingerprint density at radius 1 is 1.11 bits per heavy atom. The molecule has 0 bridgehead atoms. The highest BCUT2D eigenvalue weighted by Gasteiger charge is 2.10. The first-order chi connectivity index (χ1) is 13.6. The van der Waals surface area contributed by atoms with E-state index in [9.17, 15) is 14.9 Å². The molecular formula is C19H22N6O3. The van der Waals surface area contributed by atoms with Gasteiger partial charge < -0.3 is 20.5 Å². The Morgan fingerprint density at radius 2 is 1.86 bits per heavy atom. The number of benzene rings is 2. The van der Waals surface area contributed by atoms with E-state index in [1.807, 2.05) is 31.2 Å². The molecule has 2 aromatic carbocycles. The van der Waals surface area contributed by atoms with Crippen LogP contribution in [0, 0.1) is 10.1 Å². The van der Waals surface area contributed by atoms with E-state index in [1.54, 1.807) is 12.1 Å². The molecule has 146 valence electrons. The molecule has 0 spiro atoms. The Kier molecular flexibility index (Phi) is 6.05. The predicted octanol–water partition coefficient (Wildman–Crippen LogP) is 2.88. The van der Waals surface area contributed by atoms with Gasteiger partial charge in [0.25, 0.3) is 5.69 Å². The van der Waals surface area contributed by atoms with Gasteiger partial charge in [-0.25, -0.2) is 9.78 Å². The molecule has 0 aliphatic heterocycles. The summed E-state index contributed by atoms with van der Waals surface area (Å²) in [5.41, 5.74) is 2.76. The van der Waals surface area contributed by atoms with Crippen LogP contribution in [0.5, 0.6) is 0 Å². The molecule has 0 atom stereocenters. The average molecular weight is 382 g/mol. The lowest BCUT2D eigenvalue weighted by Gasteiger charge is -2.10. The number of carbonyl (C=O) groups is 1. The number of aromatic nitrogens is 2. The standard InChI is InChI=1S/C19H22N6O3/c1-2-24-17-6-4-3-5-16(17)23-18(24)13-22-19(26)21-12-11-20-14-7-9-15(10-8-14)25(27)28/h3-10,20H,2,11-13H2,1H3,(H2,21,22,26). The van der Waals surface area contributed by atoms with Gasteiger partial charge in [-0.3, -0.25) is 10.1 Å². The number of nitro groups is 1. The highest BCUT2D eigenvalue weighted by molar-refractivity contribution is 5.76. The second-order valence-corrected chi connectivity index (χ2v) is 6.10. The third-order valence-electron chi connectivity index (χ3n) is 4.27. The molecule has 0 saturated carbocycles. The van der Waals surface area contributed by atoms with Crippen LogP contribution in [-0.4, -0.2) is 33.6 Å². The largest absolute Gasteiger partial charge is 0.383 e. The van der Waals surface area contributed by atoms with Crippen LogP contribution in [0.25, 0.3) is 11.0 Å². The molecule has 2 amide bonds. The van der Waals surface area contributed by atoms with Crippen molar-refractivity contribution in [3.05, 3.63) is 64.5 Å². The third kappa shape index (κ3) is 4.56. The fourth-order valence-corrected chi connectivity index (χ4v) is 2.92. The zero-order valence-electron chi connectivity index (χ0n) is 15.5. The van der Waals surface area contributed by atoms with Gasteiger partial charge in [0.15, 0.2) is 0 Å². The molecule has 1 heterocycles. The molecule has 0 saturated heterocycles. The number of aryl methyl sites for hydroxylation is 1. The number of non-ortho nitro benzene ring substituents is 1. The molecule has 9 heteroatoms. The monoisotopic (exact) mass is 382 g/mol. The van der Waals surface area contributed by atoms with Crippen LogP contribution in [0.4, 0.5) is 16.2 Å². The van der Waals surface area contributed by atoms with Crippen molar-refractivity contribution in [3.63, 3.8) is 0 Å². The van der Waals surface area contributed by atoms with Gasteiger partial charge in [-0.2, -0.15) is 0 Å². The Labute approximate surface area is 161 Å². The molecule has 0 fully saturated rings. The lowest BCUT2D eigenvalue weighted by molar-refractivity contribution is -0.384. The fourth-order valence-electron chi connectivity index (χ4n) is 2.92. The number of urea groups is 1. The van der Waals surface area contributed by atoms with Crippen molar-refractivity contribution in [1.82, 2.24) is 20.2 Å². The summed E-state index contributed by atoms with van der Waals surface area (Å²) in [4.78, 5) is 26.8. The van der Waals surface area contributed by atoms with Crippen LogP contribution >= 0.6 is 0 Å². The summed E-state index contributed by atoms with van der Waals surface area (Å²) >= 11 is 0. The van der Waals surface area contributed by atoms with Crippen LogP contribution < -0.4 is 16.0 Å². The molecule has 9 nitrogen and oxygen atoms in total.